The Bertz CT molecular complexity index is 539. The Morgan fingerprint density at radius 2 is 1.71 bits per heavy atom. The second-order valence-corrected chi connectivity index (χ2v) is 5.16. The van der Waals surface area contributed by atoms with Crippen LogP contribution in [0.2, 0.25) is 0 Å². The second-order valence-electron chi connectivity index (χ2n) is 3.48. The number of para-hydroxylation sites is 1. The number of anilines is 1. The molecule has 1 amide bonds. The van der Waals surface area contributed by atoms with Gasteiger partial charge in [-0.15, -0.1) is 12.6 Å². The summed E-state index contributed by atoms with van der Waals surface area (Å²) in [6.45, 7) is 0. The maximum Gasteiger partial charge on any atom is 0.255 e. The van der Waals surface area contributed by atoms with Gasteiger partial charge in [0.15, 0.2) is 0 Å². The molecule has 0 saturated heterocycles. The molecule has 17 heavy (non-hydrogen) atoms. The van der Waals surface area contributed by atoms with Crippen molar-refractivity contribution in [2.75, 3.05) is 5.32 Å². The van der Waals surface area contributed by atoms with Gasteiger partial charge in [-0.25, -0.2) is 0 Å². The second kappa shape index (κ2) is 5.55. The van der Waals surface area contributed by atoms with E-state index in [0.717, 1.165) is 14.2 Å². The van der Waals surface area contributed by atoms with Crippen LogP contribution in [-0.2, 0) is 0 Å². The van der Waals surface area contributed by atoms with Crippen LogP contribution in [0.1, 0.15) is 10.4 Å². The van der Waals surface area contributed by atoms with Crippen LogP contribution in [0, 0.1) is 3.57 Å². The van der Waals surface area contributed by atoms with E-state index in [0.29, 0.717) is 5.56 Å². The molecule has 2 rings (SSSR count). The molecule has 0 saturated carbocycles. The molecule has 0 aliphatic heterocycles. The van der Waals surface area contributed by atoms with E-state index in [1.807, 2.05) is 24.3 Å². The van der Waals surface area contributed by atoms with Gasteiger partial charge in [0.2, 0.25) is 0 Å². The molecule has 0 aromatic heterocycles. The smallest absolute Gasteiger partial charge is 0.255 e. The molecule has 2 aromatic carbocycles. The Hall–Kier alpha value is -1.01. The van der Waals surface area contributed by atoms with Gasteiger partial charge in [0, 0.05) is 14.0 Å². The van der Waals surface area contributed by atoms with Gasteiger partial charge in [-0.1, -0.05) is 12.1 Å². The van der Waals surface area contributed by atoms with Crippen LogP contribution in [0.4, 0.5) is 5.69 Å². The Morgan fingerprint density at radius 3 is 2.35 bits per heavy atom. The van der Waals surface area contributed by atoms with Crippen molar-refractivity contribution < 1.29 is 4.79 Å². The summed E-state index contributed by atoms with van der Waals surface area (Å²) in [7, 11) is 0. The van der Waals surface area contributed by atoms with E-state index >= 15 is 0 Å². The van der Waals surface area contributed by atoms with Crippen LogP contribution in [0.15, 0.2) is 53.4 Å². The Balaban J connectivity index is 2.17. The van der Waals surface area contributed by atoms with Crippen molar-refractivity contribution in [1.82, 2.24) is 0 Å². The predicted molar refractivity (Wildman–Crippen MR) is 80.8 cm³/mol. The van der Waals surface area contributed by atoms with Gasteiger partial charge >= 0.3 is 0 Å². The van der Waals surface area contributed by atoms with Crippen molar-refractivity contribution >= 4 is 46.8 Å². The molecule has 0 spiro atoms. The van der Waals surface area contributed by atoms with Crippen molar-refractivity contribution in [2.45, 2.75) is 4.90 Å². The molecule has 2 nitrogen and oxygen atoms in total. The topological polar surface area (TPSA) is 29.1 Å². The minimum atomic E-state index is -0.109. The van der Waals surface area contributed by atoms with Crippen LogP contribution in [0.25, 0.3) is 0 Å². The summed E-state index contributed by atoms with van der Waals surface area (Å²) in [5.74, 6) is -0.109. The number of carbonyl (C=O) groups is 1. The van der Waals surface area contributed by atoms with Gasteiger partial charge in [0.05, 0.1) is 5.69 Å². The summed E-state index contributed by atoms with van der Waals surface area (Å²) in [5, 5.41) is 2.87. The number of hydrogen-bond acceptors (Lipinski definition) is 2. The van der Waals surface area contributed by atoms with E-state index < -0.39 is 0 Å². The third-order valence-electron chi connectivity index (χ3n) is 2.25. The average molecular weight is 355 g/mol. The minimum absolute atomic E-state index is 0.109. The summed E-state index contributed by atoms with van der Waals surface area (Å²) in [5.41, 5.74) is 1.45. The zero-order valence-corrected chi connectivity index (χ0v) is 11.9. The highest BCUT2D eigenvalue weighted by molar-refractivity contribution is 14.1. The van der Waals surface area contributed by atoms with E-state index in [4.69, 9.17) is 0 Å². The van der Waals surface area contributed by atoms with Crippen LogP contribution in [0.5, 0.6) is 0 Å². The lowest BCUT2D eigenvalue weighted by atomic mass is 10.2. The minimum Gasteiger partial charge on any atom is -0.321 e. The molecule has 0 fully saturated rings. The largest absolute Gasteiger partial charge is 0.321 e. The molecule has 2 aromatic rings. The van der Waals surface area contributed by atoms with Crippen molar-refractivity contribution in [3.05, 3.63) is 57.7 Å². The number of halogens is 1. The normalized spacial score (nSPS) is 10.0. The first-order valence-electron chi connectivity index (χ1n) is 5.02. The molecule has 0 unspecified atom stereocenters. The third-order valence-corrected chi connectivity index (χ3v) is 3.49. The van der Waals surface area contributed by atoms with Crippen molar-refractivity contribution in [2.24, 2.45) is 0 Å². The lowest BCUT2D eigenvalue weighted by Gasteiger charge is -2.07. The molecular weight excluding hydrogens is 345 g/mol. The SMILES string of the molecule is O=C(Nc1ccccc1I)c1ccc(S)cc1. The summed E-state index contributed by atoms with van der Waals surface area (Å²) < 4.78 is 1.02. The maximum atomic E-state index is 11.9. The zero-order valence-electron chi connectivity index (χ0n) is 8.85. The average Bonchev–Trinajstić information content (AvgIpc) is 2.33. The molecule has 0 heterocycles. The molecule has 0 aliphatic carbocycles. The maximum absolute atomic E-state index is 11.9. The number of nitrogens with one attached hydrogen (secondary N) is 1. The molecule has 0 radical (unpaired) electrons. The lowest BCUT2D eigenvalue weighted by molar-refractivity contribution is 0.102. The van der Waals surface area contributed by atoms with Crippen LogP contribution in [0.3, 0.4) is 0 Å². The molecule has 0 atom stereocenters. The number of thiol groups is 1. The fourth-order valence-electron chi connectivity index (χ4n) is 1.37. The zero-order chi connectivity index (χ0) is 12.3. The lowest BCUT2D eigenvalue weighted by Crippen LogP contribution is -2.12. The first kappa shape index (κ1) is 12.4. The van der Waals surface area contributed by atoms with Crippen LogP contribution >= 0.6 is 35.2 Å². The van der Waals surface area contributed by atoms with Crippen molar-refractivity contribution in [3.63, 3.8) is 0 Å². The highest BCUT2D eigenvalue weighted by atomic mass is 127. The highest BCUT2D eigenvalue weighted by Crippen LogP contribution is 2.18. The van der Waals surface area contributed by atoms with Crippen molar-refractivity contribution in [3.8, 4) is 0 Å². The number of hydrogen-bond donors (Lipinski definition) is 2. The van der Waals surface area contributed by atoms with Gasteiger partial charge in [-0.3, -0.25) is 4.79 Å². The summed E-state index contributed by atoms with van der Waals surface area (Å²) in [6.07, 6.45) is 0. The Kier molecular flexibility index (Phi) is 4.06. The van der Waals surface area contributed by atoms with Crippen molar-refractivity contribution in [1.29, 1.82) is 0 Å². The molecular formula is C13H10INOS. The van der Waals surface area contributed by atoms with Crippen LogP contribution < -0.4 is 5.32 Å². The standard InChI is InChI=1S/C13H10INOS/c14-11-3-1-2-4-12(11)15-13(16)9-5-7-10(17)8-6-9/h1-8,17H,(H,15,16). The fraction of sp³-hybridized carbons (Fsp3) is 0. The van der Waals surface area contributed by atoms with E-state index in [1.165, 1.54) is 0 Å². The number of carbonyl (C=O) groups excluding carboxylic acids is 1. The number of benzene rings is 2. The first-order valence-corrected chi connectivity index (χ1v) is 6.54. The molecule has 1 N–H and O–H groups in total. The molecule has 4 heteroatoms. The third kappa shape index (κ3) is 3.23. The van der Waals surface area contributed by atoms with Gasteiger partial charge in [0.1, 0.15) is 0 Å². The summed E-state index contributed by atoms with van der Waals surface area (Å²) >= 11 is 6.37. The quantitative estimate of drug-likeness (QED) is 0.622. The fourth-order valence-corrected chi connectivity index (χ4v) is 2.04. The monoisotopic (exact) mass is 355 g/mol. The highest BCUT2D eigenvalue weighted by Gasteiger charge is 2.07. The molecule has 0 bridgehead atoms. The van der Waals surface area contributed by atoms with E-state index in [1.54, 1.807) is 24.3 Å². The van der Waals surface area contributed by atoms with E-state index in [-0.39, 0.29) is 5.91 Å². The first-order chi connectivity index (χ1) is 8.16. The predicted octanol–water partition coefficient (Wildman–Crippen LogP) is 3.83. The van der Waals surface area contributed by atoms with E-state index in [9.17, 15) is 4.79 Å². The number of amides is 1. The van der Waals surface area contributed by atoms with Gasteiger partial charge in [0.25, 0.3) is 5.91 Å². The Morgan fingerprint density at radius 1 is 1.06 bits per heavy atom. The number of rotatable bonds is 2. The van der Waals surface area contributed by atoms with Gasteiger partial charge in [-0.2, -0.15) is 0 Å². The summed E-state index contributed by atoms with van der Waals surface area (Å²) in [4.78, 5) is 12.8. The molecule has 0 aliphatic rings. The van der Waals surface area contributed by atoms with E-state index in [2.05, 4.69) is 40.5 Å². The Labute approximate surface area is 119 Å². The van der Waals surface area contributed by atoms with Crippen LogP contribution in [-0.4, -0.2) is 5.91 Å². The molecule has 86 valence electrons. The van der Waals surface area contributed by atoms with Gasteiger partial charge < -0.3 is 5.32 Å². The van der Waals surface area contributed by atoms with Gasteiger partial charge in [-0.05, 0) is 59.0 Å². The summed E-state index contributed by atoms with van der Waals surface area (Å²) in [6, 6.07) is 14.8.